The minimum Gasteiger partial charge on any atom is -0.256 e. The molecule has 0 saturated heterocycles. The first kappa shape index (κ1) is 31.9. The van der Waals surface area contributed by atoms with Crippen molar-refractivity contribution in [2.45, 2.75) is 6.92 Å². The highest BCUT2D eigenvalue weighted by molar-refractivity contribution is 5.86. The summed E-state index contributed by atoms with van der Waals surface area (Å²) in [6.45, 7) is 2.11. The van der Waals surface area contributed by atoms with Crippen LogP contribution in [0.15, 0.2) is 188 Å². The molecule has 0 aliphatic carbocycles. The van der Waals surface area contributed by atoms with Gasteiger partial charge in [0.05, 0.1) is 5.52 Å². The van der Waals surface area contributed by atoms with Gasteiger partial charge in [-0.05, 0) is 76.2 Å². The molecule has 9 rings (SSSR count). The van der Waals surface area contributed by atoms with Gasteiger partial charge in [0.25, 0.3) is 0 Å². The third-order valence-corrected chi connectivity index (χ3v) is 9.64. The highest BCUT2D eigenvalue weighted by atomic mass is 15.0. The van der Waals surface area contributed by atoms with Crippen LogP contribution in [0.25, 0.3) is 89.6 Å². The second kappa shape index (κ2) is 13.9. The number of hydrogen-bond acceptors (Lipinski definition) is 4. The second-order valence-corrected chi connectivity index (χ2v) is 13.3. The van der Waals surface area contributed by atoms with Crippen molar-refractivity contribution in [1.82, 2.24) is 19.9 Å². The maximum absolute atomic E-state index is 5.16. The number of fused-ring (bicyclic) bond motifs is 1. The summed E-state index contributed by atoms with van der Waals surface area (Å²) >= 11 is 0. The zero-order valence-electron chi connectivity index (χ0n) is 29.2. The van der Waals surface area contributed by atoms with Crippen molar-refractivity contribution in [3.63, 3.8) is 0 Å². The number of benzene rings is 7. The average molecular weight is 679 g/mol. The molecular weight excluding hydrogens is 645 g/mol. The molecule has 4 heteroatoms. The molecule has 0 spiro atoms. The molecule has 0 bridgehead atoms. The molecule has 0 fully saturated rings. The average Bonchev–Trinajstić information content (AvgIpc) is 3.24. The molecule has 53 heavy (non-hydrogen) atoms. The van der Waals surface area contributed by atoms with Crippen LogP contribution >= 0.6 is 0 Å². The van der Waals surface area contributed by atoms with E-state index in [1.54, 1.807) is 0 Å². The van der Waals surface area contributed by atoms with Gasteiger partial charge < -0.3 is 0 Å². The van der Waals surface area contributed by atoms with E-state index in [0.717, 1.165) is 61.0 Å². The van der Waals surface area contributed by atoms with Crippen molar-refractivity contribution in [3.8, 4) is 78.7 Å². The summed E-state index contributed by atoms with van der Waals surface area (Å²) in [5.74, 6) is 1.84. The van der Waals surface area contributed by atoms with Gasteiger partial charge in [-0.2, -0.15) is 0 Å². The van der Waals surface area contributed by atoms with E-state index in [2.05, 4.69) is 165 Å². The number of para-hydroxylation sites is 1. The third-order valence-electron chi connectivity index (χ3n) is 9.64. The van der Waals surface area contributed by atoms with Gasteiger partial charge in [0.15, 0.2) is 17.5 Å². The van der Waals surface area contributed by atoms with Crippen molar-refractivity contribution in [2.24, 2.45) is 0 Å². The summed E-state index contributed by atoms with van der Waals surface area (Å²) in [6.07, 6.45) is 1.95. The SMILES string of the molecule is Cc1ccc(-c2cc(-c3cnc4ccccc4c3)cc(-c3nc(-c4ccc(-c5ccccc5)cc4)nc(-c4ccc(-c5ccccc5)cc4)n3)c2)cc1. The van der Waals surface area contributed by atoms with Gasteiger partial charge >= 0.3 is 0 Å². The number of rotatable bonds is 7. The van der Waals surface area contributed by atoms with E-state index in [-0.39, 0.29) is 0 Å². The Morgan fingerprint density at radius 2 is 0.698 bits per heavy atom. The molecule has 7 aromatic carbocycles. The minimum atomic E-state index is 0.605. The van der Waals surface area contributed by atoms with Gasteiger partial charge in [0, 0.05) is 33.8 Å². The van der Waals surface area contributed by atoms with Crippen LogP contribution in [-0.4, -0.2) is 19.9 Å². The molecule has 0 aliphatic rings. The van der Waals surface area contributed by atoms with Gasteiger partial charge in [-0.15, -0.1) is 0 Å². The Balaban J connectivity index is 1.21. The van der Waals surface area contributed by atoms with Gasteiger partial charge in [-0.1, -0.05) is 157 Å². The number of hydrogen-bond donors (Lipinski definition) is 0. The highest BCUT2D eigenvalue weighted by Crippen LogP contribution is 2.35. The van der Waals surface area contributed by atoms with Crippen LogP contribution in [0.4, 0.5) is 0 Å². The quantitative estimate of drug-likeness (QED) is 0.168. The van der Waals surface area contributed by atoms with E-state index in [1.165, 1.54) is 16.7 Å². The summed E-state index contributed by atoms with van der Waals surface area (Å²) in [5.41, 5.74) is 13.8. The zero-order valence-corrected chi connectivity index (χ0v) is 29.2. The van der Waals surface area contributed by atoms with E-state index in [4.69, 9.17) is 19.9 Å². The first-order valence-electron chi connectivity index (χ1n) is 17.8. The molecule has 0 N–H and O–H groups in total. The lowest BCUT2D eigenvalue weighted by Crippen LogP contribution is -2.01. The van der Waals surface area contributed by atoms with Crippen molar-refractivity contribution in [3.05, 3.63) is 194 Å². The van der Waals surface area contributed by atoms with Crippen LogP contribution in [0, 0.1) is 6.92 Å². The van der Waals surface area contributed by atoms with E-state index >= 15 is 0 Å². The van der Waals surface area contributed by atoms with Crippen molar-refractivity contribution in [1.29, 1.82) is 0 Å². The lowest BCUT2D eigenvalue weighted by molar-refractivity contribution is 1.07. The minimum absolute atomic E-state index is 0.605. The Morgan fingerprint density at radius 1 is 0.302 bits per heavy atom. The Labute approximate surface area is 309 Å². The number of pyridine rings is 1. The zero-order chi connectivity index (χ0) is 35.6. The summed E-state index contributed by atoms with van der Waals surface area (Å²) in [5, 5.41) is 1.09. The summed E-state index contributed by atoms with van der Waals surface area (Å²) in [4.78, 5) is 20.2. The molecule has 0 unspecified atom stereocenters. The number of aryl methyl sites for hydroxylation is 1. The normalized spacial score (nSPS) is 11.1. The van der Waals surface area contributed by atoms with Gasteiger partial charge in [-0.25, -0.2) is 15.0 Å². The van der Waals surface area contributed by atoms with E-state index < -0.39 is 0 Å². The topological polar surface area (TPSA) is 51.6 Å². The fourth-order valence-electron chi connectivity index (χ4n) is 6.71. The lowest BCUT2D eigenvalue weighted by Gasteiger charge is -2.13. The monoisotopic (exact) mass is 678 g/mol. The van der Waals surface area contributed by atoms with Crippen molar-refractivity contribution < 1.29 is 0 Å². The molecule has 2 aromatic heterocycles. The van der Waals surface area contributed by atoms with E-state index in [9.17, 15) is 0 Å². The highest BCUT2D eigenvalue weighted by Gasteiger charge is 2.16. The fraction of sp³-hybridized carbons (Fsp3) is 0.0204. The first-order chi connectivity index (χ1) is 26.1. The van der Waals surface area contributed by atoms with E-state index in [1.807, 2.05) is 30.5 Å². The maximum atomic E-state index is 5.16. The second-order valence-electron chi connectivity index (χ2n) is 13.3. The summed E-state index contributed by atoms with van der Waals surface area (Å²) in [7, 11) is 0. The van der Waals surface area contributed by atoms with Crippen LogP contribution in [0.1, 0.15) is 5.56 Å². The fourth-order valence-corrected chi connectivity index (χ4v) is 6.71. The predicted octanol–water partition coefficient (Wildman–Crippen LogP) is 12.4. The molecule has 250 valence electrons. The summed E-state index contributed by atoms with van der Waals surface area (Å²) in [6, 6.07) is 63.3. The smallest absolute Gasteiger partial charge is 0.164 e. The molecule has 0 radical (unpaired) electrons. The standard InChI is InChI=1S/C49H34N4/c1-33-16-18-38(19-17-33)42-29-43(45-28-41-14-8-9-15-46(41)50-32-45)31-44(30-42)49-52-47(39-24-20-36(21-25-39)34-10-4-2-5-11-34)51-48(53-49)40-26-22-37(23-27-40)35-12-6-3-7-13-35/h2-32H,1H3. The number of aromatic nitrogens is 4. The molecule has 2 heterocycles. The van der Waals surface area contributed by atoms with Gasteiger partial charge in [0.2, 0.25) is 0 Å². The Hall–Kier alpha value is -7.04. The third kappa shape index (κ3) is 6.74. The van der Waals surface area contributed by atoms with Crippen molar-refractivity contribution in [2.75, 3.05) is 0 Å². The van der Waals surface area contributed by atoms with Gasteiger partial charge in [0.1, 0.15) is 0 Å². The molecular formula is C49H34N4. The lowest BCUT2D eigenvalue weighted by atomic mass is 9.95. The van der Waals surface area contributed by atoms with Crippen LogP contribution in [0.5, 0.6) is 0 Å². The summed E-state index contributed by atoms with van der Waals surface area (Å²) < 4.78 is 0. The molecule has 0 atom stereocenters. The largest absolute Gasteiger partial charge is 0.256 e. The van der Waals surface area contributed by atoms with Crippen LogP contribution < -0.4 is 0 Å². The molecule has 0 amide bonds. The van der Waals surface area contributed by atoms with Crippen LogP contribution in [0.3, 0.4) is 0 Å². The van der Waals surface area contributed by atoms with Crippen molar-refractivity contribution >= 4 is 10.9 Å². The molecule has 0 aliphatic heterocycles. The first-order valence-corrected chi connectivity index (χ1v) is 17.8. The van der Waals surface area contributed by atoms with Gasteiger partial charge in [-0.3, -0.25) is 4.98 Å². The predicted molar refractivity (Wildman–Crippen MR) is 218 cm³/mol. The van der Waals surface area contributed by atoms with E-state index in [0.29, 0.717) is 17.5 Å². The Bertz CT molecular complexity index is 2590. The van der Waals surface area contributed by atoms with Crippen LogP contribution in [0.2, 0.25) is 0 Å². The Morgan fingerprint density at radius 3 is 1.26 bits per heavy atom. The van der Waals surface area contributed by atoms with Crippen LogP contribution in [-0.2, 0) is 0 Å². The molecule has 4 nitrogen and oxygen atoms in total. The maximum Gasteiger partial charge on any atom is 0.164 e. The Kier molecular flexibility index (Phi) is 8.39. The molecule has 9 aromatic rings. The molecule has 0 saturated carbocycles. The number of nitrogens with zero attached hydrogens (tertiary/aromatic N) is 4.